The van der Waals surface area contributed by atoms with Crippen molar-refractivity contribution in [2.45, 2.75) is 6.10 Å². The highest BCUT2D eigenvalue weighted by molar-refractivity contribution is 5.95. The van der Waals surface area contributed by atoms with E-state index in [1.54, 1.807) is 30.3 Å². The van der Waals surface area contributed by atoms with Crippen LogP contribution in [-0.2, 0) is 4.79 Å². The van der Waals surface area contributed by atoms with E-state index in [9.17, 15) is 9.90 Å². The molecular weight excluding hydrogens is 288 g/mol. The highest BCUT2D eigenvalue weighted by atomic mass is 16.5. The third-order valence-electron chi connectivity index (χ3n) is 3.66. The highest BCUT2D eigenvalue weighted by Crippen LogP contribution is 2.27. The molecule has 0 aliphatic heterocycles. The number of fused-ring (bicyclic) bond motifs is 1. The van der Waals surface area contributed by atoms with Gasteiger partial charge in [0.05, 0.1) is 5.57 Å². The van der Waals surface area contributed by atoms with E-state index in [0.717, 1.165) is 10.8 Å². The van der Waals surface area contributed by atoms with Crippen molar-refractivity contribution in [1.82, 2.24) is 0 Å². The van der Waals surface area contributed by atoms with Crippen LogP contribution in [0.5, 0.6) is 5.75 Å². The van der Waals surface area contributed by atoms with Crippen LogP contribution in [0.4, 0.5) is 0 Å². The van der Waals surface area contributed by atoms with Crippen molar-refractivity contribution in [2.24, 2.45) is 0 Å². The van der Waals surface area contributed by atoms with Crippen molar-refractivity contribution in [3.63, 3.8) is 0 Å². The Balaban J connectivity index is 1.82. The summed E-state index contributed by atoms with van der Waals surface area (Å²) in [6, 6.07) is 22.0. The number of hydrogen-bond donors (Lipinski definition) is 1. The minimum Gasteiger partial charge on any atom is -0.422 e. The molecule has 0 unspecified atom stereocenters. The summed E-state index contributed by atoms with van der Waals surface area (Å²) in [4.78, 5) is 12.3. The maximum Gasteiger partial charge on any atom is 0.341 e. The predicted molar refractivity (Wildman–Crippen MR) is 90.1 cm³/mol. The number of carbonyl (C=O) groups excluding carboxylic acids is 1. The molecule has 1 N–H and O–H groups in total. The van der Waals surface area contributed by atoms with E-state index in [4.69, 9.17) is 4.74 Å². The van der Waals surface area contributed by atoms with Gasteiger partial charge in [0.2, 0.25) is 0 Å². The Morgan fingerprint density at radius 1 is 0.913 bits per heavy atom. The van der Waals surface area contributed by atoms with E-state index in [0.29, 0.717) is 11.3 Å². The van der Waals surface area contributed by atoms with Crippen molar-refractivity contribution < 1.29 is 14.6 Å². The van der Waals surface area contributed by atoms with Gasteiger partial charge in [0.15, 0.2) is 0 Å². The first-order valence-electron chi connectivity index (χ1n) is 7.28. The van der Waals surface area contributed by atoms with E-state index in [2.05, 4.69) is 6.58 Å². The van der Waals surface area contributed by atoms with Gasteiger partial charge in [0, 0.05) is 5.39 Å². The minimum atomic E-state index is -1.08. The van der Waals surface area contributed by atoms with Crippen LogP contribution >= 0.6 is 0 Å². The lowest BCUT2D eigenvalue weighted by atomic mass is 10.0. The molecule has 0 spiro atoms. The summed E-state index contributed by atoms with van der Waals surface area (Å²) < 4.78 is 5.43. The molecule has 0 bridgehead atoms. The maximum absolute atomic E-state index is 12.3. The third-order valence-corrected chi connectivity index (χ3v) is 3.66. The van der Waals surface area contributed by atoms with Gasteiger partial charge in [-0.25, -0.2) is 4.79 Å². The molecule has 0 fully saturated rings. The number of carbonyl (C=O) groups is 1. The molecule has 0 aliphatic rings. The van der Waals surface area contributed by atoms with Gasteiger partial charge in [-0.1, -0.05) is 73.3 Å². The molecule has 3 aromatic rings. The monoisotopic (exact) mass is 304 g/mol. The molecule has 0 amide bonds. The van der Waals surface area contributed by atoms with E-state index in [1.807, 2.05) is 42.5 Å². The van der Waals surface area contributed by atoms with Crippen LogP contribution in [0.1, 0.15) is 11.7 Å². The summed E-state index contributed by atoms with van der Waals surface area (Å²) in [5.74, 6) is -0.188. The first kappa shape index (κ1) is 15.0. The Bertz CT molecular complexity index is 848. The summed E-state index contributed by atoms with van der Waals surface area (Å²) in [5.41, 5.74) is 0.608. The number of aliphatic hydroxyl groups excluding tert-OH is 1. The average molecular weight is 304 g/mol. The van der Waals surface area contributed by atoms with E-state index < -0.39 is 12.1 Å². The van der Waals surface area contributed by atoms with Gasteiger partial charge in [0.1, 0.15) is 11.9 Å². The number of esters is 1. The van der Waals surface area contributed by atoms with Crippen molar-refractivity contribution in [3.05, 3.63) is 90.5 Å². The van der Waals surface area contributed by atoms with Crippen molar-refractivity contribution in [1.29, 1.82) is 0 Å². The number of rotatable bonds is 4. The van der Waals surface area contributed by atoms with Gasteiger partial charge in [0.25, 0.3) is 0 Å². The second kappa shape index (κ2) is 6.46. The fourth-order valence-corrected chi connectivity index (χ4v) is 2.40. The Morgan fingerprint density at radius 2 is 1.57 bits per heavy atom. The normalized spacial score (nSPS) is 11.9. The molecule has 0 heterocycles. The number of aliphatic hydroxyl groups is 1. The van der Waals surface area contributed by atoms with Crippen molar-refractivity contribution in [2.75, 3.05) is 0 Å². The van der Waals surface area contributed by atoms with Crippen molar-refractivity contribution >= 4 is 16.7 Å². The van der Waals surface area contributed by atoms with Crippen LogP contribution in [0.15, 0.2) is 84.9 Å². The summed E-state index contributed by atoms with van der Waals surface area (Å²) in [5, 5.41) is 12.1. The first-order valence-corrected chi connectivity index (χ1v) is 7.28. The SMILES string of the molecule is C=C(C(=O)Oc1cccc2ccccc12)[C@@H](O)c1ccccc1. The fraction of sp³-hybridized carbons (Fsp3) is 0.0500. The summed E-state index contributed by atoms with van der Waals surface area (Å²) in [6.07, 6.45) is -1.08. The lowest BCUT2D eigenvalue weighted by Crippen LogP contribution is -2.16. The molecule has 3 nitrogen and oxygen atoms in total. The van der Waals surface area contributed by atoms with E-state index >= 15 is 0 Å². The molecule has 0 aromatic heterocycles. The second-order valence-corrected chi connectivity index (χ2v) is 5.21. The molecule has 3 rings (SSSR count). The molecule has 114 valence electrons. The minimum absolute atomic E-state index is 0.00383. The average Bonchev–Trinajstić information content (AvgIpc) is 2.61. The Labute approximate surface area is 134 Å². The standard InChI is InChI=1S/C20H16O3/c1-14(19(21)16-9-3-2-4-10-16)20(22)23-18-13-7-11-15-8-5-6-12-17(15)18/h2-13,19,21H,1H2/t19-/m1/s1. The maximum atomic E-state index is 12.3. The molecular formula is C20H16O3. The van der Waals surface area contributed by atoms with Gasteiger partial charge in [-0.05, 0) is 17.0 Å². The largest absolute Gasteiger partial charge is 0.422 e. The molecule has 0 aliphatic carbocycles. The summed E-state index contributed by atoms with van der Waals surface area (Å²) in [6.45, 7) is 3.68. The topological polar surface area (TPSA) is 46.5 Å². The number of benzene rings is 3. The molecule has 3 aromatic carbocycles. The lowest BCUT2D eigenvalue weighted by molar-refractivity contribution is -0.131. The number of ether oxygens (including phenoxy) is 1. The molecule has 0 saturated carbocycles. The summed E-state index contributed by atoms with van der Waals surface area (Å²) >= 11 is 0. The molecule has 0 saturated heterocycles. The fourth-order valence-electron chi connectivity index (χ4n) is 2.40. The molecule has 0 radical (unpaired) electrons. The zero-order valence-corrected chi connectivity index (χ0v) is 12.5. The second-order valence-electron chi connectivity index (χ2n) is 5.21. The smallest absolute Gasteiger partial charge is 0.341 e. The van der Waals surface area contributed by atoms with Gasteiger partial charge >= 0.3 is 5.97 Å². The third kappa shape index (κ3) is 3.15. The van der Waals surface area contributed by atoms with E-state index in [-0.39, 0.29) is 5.57 Å². The van der Waals surface area contributed by atoms with Crippen molar-refractivity contribution in [3.8, 4) is 5.75 Å². The summed E-state index contributed by atoms with van der Waals surface area (Å²) in [7, 11) is 0. The van der Waals surface area contributed by atoms with Crippen LogP contribution in [0.2, 0.25) is 0 Å². The van der Waals surface area contributed by atoms with Crippen LogP contribution in [0, 0.1) is 0 Å². The van der Waals surface area contributed by atoms with Gasteiger partial charge in [-0.15, -0.1) is 0 Å². The zero-order valence-electron chi connectivity index (χ0n) is 12.5. The number of hydrogen-bond acceptors (Lipinski definition) is 3. The Morgan fingerprint density at radius 3 is 2.35 bits per heavy atom. The molecule has 23 heavy (non-hydrogen) atoms. The van der Waals surface area contributed by atoms with Crippen LogP contribution in [0.25, 0.3) is 10.8 Å². The Kier molecular flexibility index (Phi) is 4.22. The molecule has 3 heteroatoms. The highest BCUT2D eigenvalue weighted by Gasteiger charge is 2.20. The molecule has 1 atom stereocenters. The predicted octanol–water partition coefficient (Wildman–Crippen LogP) is 4.04. The van der Waals surface area contributed by atoms with Gasteiger partial charge < -0.3 is 9.84 Å². The van der Waals surface area contributed by atoms with Crippen LogP contribution in [-0.4, -0.2) is 11.1 Å². The quantitative estimate of drug-likeness (QED) is 0.449. The van der Waals surface area contributed by atoms with Gasteiger partial charge in [-0.2, -0.15) is 0 Å². The van der Waals surface area contributed by atoms with Crippen LogP contribution < -0.4 is 4.74 Å². The van der Waals surface area contributed by atoms with Crippen LogP contribution in [0.3, 0.4) is 0 Å². The lowest BCUT2D eigenvalue weighted by Gasteiger charge is -2.14. The first-order chi connectivity index (χ1) is 11.2. The van der Waals surface area contributed by atoms with E-state index in [1.165, 1.54) is 0 Å². The van der Waals surface area contributed by atoms with Gasteiger partial charge in [-0.3, -0.25) is 0 Å². The zero-order chi connectivity index (χ0) is 16.2. The Hall–Kier alpha value is -2.91.